The number of aliphatic carboxylic acids is 3. The van der Waals surface area contributed by atoms with E-state index in [9.17, 15) is 86.4 Å². The first-order valence-electron chi connectivity index (χ1n) is 28.4. The minimum absolute atomic E-state index is 0.0110. The average Bonchev–Trinajstić information content (AvgIpc) is 2.78. The second-order valence-electron chi connectivity index (χ2n) is 21.8. The van der Waals surface area contributed by atoms with Crippen LogP contribution in [-0.4, -0.2) is 183 Å². The molecule has 1 aliphatic rings. The zero-order valence-corrected chi connectivity index (χ0v) is 50.1. The van der Waals surface area contributed by atoms with Gasteiger partial charge in [0.25, 0.3) is 0 Å². The molecule has 0 saturated carbocycles. The third-order valence-corrected chi connectivity index (χ3v) is 14.5. The summed E-state index contributed by atoms with van der Waals surface area (Å²) >= 11 is 0. The van der Waals surface area contributed by atoms with Crippen molar-refractivity contribution < 1.29 is 95.1 Å². The van der Waals surface area contributed by atoms with Crippen molar-refractivity contribution in [3.05, 3.63) is 65.7 Å². The van der Waals surface area contributed by atoms with Crippen molar-refractivity contribution in [2.45, 2.75) is 179 Å². The van der Waals surface area contributed by atoms with Crippen LogP contribution in [0.5, 0.6) is 5.75 Å². The maximum atomic E-state index is 14.6. The summed E-state index contributed by atoms with van der Waals surface area (Å²) in [4.78, 5) is 161. The first kappa shape index (κ1) is 73.0. The summed E-state index contributed by atoms with van der Waals surface area (Å²) in [7, 11) is -4.88. The Balaban J connectivity index is 1.85. The lowest BCUT2D eigenvalue weighted by Crippen LogP contribution is -2.61. The molecule has 3 rings (SSSR count). The van der Waals surface area contributed by atoms with E-state index in [1.807, 2.05) is 13.8 Å². The number of aliphatic hydroxyl groups is 1. The molecule has 30 nitrogen and oxygen atoms in total. The highest BCUT2D eigenvalue weighted by molar-refractivity contribution is 7.81. The van der Waals surface area contributed by atoms with Crippen LogP contribution in [0.2, 0.25) is 0 Å². The Morgan fingerprint density at radius 2 is 1.03 bits per heavy atom. The van der Waals surface area contributed by atoms with E-state index in [0.717, 1.165) is 12.1 Å². The van der Waals surface area contributed by atoms with Gasteiger partial charge in [-0.3, -0.25) is 62.1 Å². The molecule has 2 aromatic rings. The van der Waals surface area contributed by atoms with Crippen molar-refractivity contribution in [2.24, 2.45) is 17.6 Å². The van der Waals surface area contributed by atoms with Crippen LogP contribution in [-0.2, 0) is 80.8 Å². The second kappa shape index (κ2) is 35.4. The van der Waals surface area contributed by atoms with Gasteiger partial charge >= 0.3 is 28.3 Å². The van der Waals surface area contributed by atoms with Gasteiger partial charge in [-0.15, -0.1) is 0 Å². The van der Waals surface area contributed by atoms with Gasteiger partial charge in [0.05, 0.1) is 18.7 Å². The summed E-state index contributed by atoms with van der Waals surface area (Å²) in [5.41, 5.74) is 6.66. The summed E-state index contributed by atoms with van der Waals surface area (Å²) in [6.45, 7) is 9.10. The normalized spacial score (nSPS) is 16.5. The van der Waals surface area contributed by atoms with Crippen molar-refractivity contribution in [3.8, 4) is 5.75 Å². The molecule has 0 aromatic heterocycles. The minimum Gasteiger partial charge on any atom is -0.481 e. The van der Waals surface area contributed by atoms with Crippen molar-refractivity contribution in [2.75, 3.05) is 13.2 Å². The number of hydrogen-bond donors (Lipinski definition) is 14. The van der Waals surface area contributed by atoms with Crippen LogP contribution in [0.1, 0.15) is 117 Å². The SMILES string of the molecule is CC[C@H](C)[C@H](NC(=O)[C@H](CCC(=O)O)NC(=O)[C@H](CCC(=O)O)NC(=O)[C@H](Cc1ccccc1)NC(=O)[C@H](C)N)C(=O)N1CCC[C@H]1C(=O)N[C@@H](C)C(=O)N[C@@H](CCC(=O)O)C(=O)N[C@@H](Cc1ccc(OS(=O)(=O)O)cc1)C(=O)N[C@H](CO)CC(C)C. The molecule has 1 fully saturated rings. The number of carbonyl (C=O) groups is 12. The molecule has 9 amide bonds. The van der Waals surface area contributed by atoms with Gasteiger partial charge in [0.1, 0.15) is 54.1 Å². The highest BCUT2D eigenvalue weighted by Crippen LogP contribution is 2.23. The van der Waals surface area contributed by atoms with Crippen LogP contribution in [0.25, 0.3) is 0 Å². The number of carboxylic acids is 3. The van der Waals surface area contributed by atoms with E-state index in [1.54, 1.807) is 44.2 Å². The van der Waals surface area contributed by atoms with Gasteiger partial charge in [-0.05, 0) is 87.5 Å². The highest BCUT2D eigenvalue weighted by Gasteiger charge is 2.41. The molecule has 1 saturated heterocycles. The molecule has 0 bridgehead atoms. The standard InChI is InChI=1S/C56H82N10O20S/c1-7-31(4)47(65-52(78)40(21-24-46(72)73)61-50(76)39(20-23-45(70)71)62-54(80)42(63-48(74)32(5)57)27-34-12-9-8-10-13-34)56(82)66-25-11-14-43(66)55(81)58-33(6)49(75)60-38(19-22-44(68)69)51(77)64-41(53(79)59-36(29-67)26-30(2)3)28-35-15-17-37(18-16-35)86-87(83,84)85/h8-10,12-13,15-18,30-33,36,38-43,47,67H,7,11,14,19-29,57H2,1-6H3,(H,58,81)(H,59,79)(H,60,75)(H,61,76)(H,62,80)(H,63,74)(H,64,77)(H,65,78)(H,68,69)(H,70,71)(H,72,73)(H,83,84,85)/t31-,32-,33-,36-,38-,39-,40-,41-,42-,43-,47-/m0/s1. The molecule has 87 heavy (non-hydrogen) atoms. The lowest BCUT2D eigenvalue weighted by molar-refractivity contribution is -0.144. The van der Waals surface area contributed by atoms with E-state index in [4.69, 9.17) is 10.3 Å². The van der Waals surface area contributed by atoms with Crippen molar-refractivity contribution in [3.63, 3.8) is 0 Å². The Hall–Kier alpha value is -8.29. The molecular formula is C56H82N10O20S. The Kier molecular flexibility index (Phi) is 29.7. The number of amides is 9. The van der Waals surface area contributed by atoms with E-state index in [-0.39, 0.29) is 50.3 Å². The van der Waals surface area contributed by atoms with Crippen molar-refractivity contribution >= 4 is 81.5 Å². The molecule has 2 aromatic carbocycles. The van der Waals surface area contributed by atoms with Crippen molar-refractivity contribution in [1.29, 1.82) is 0 Å². The molecule has 0 aliphatic carbocycles. The predicted molar refractivity (Wildman–Crippen MR) is 309 cm³/mol. The number of nitrogens with one attached hydrogen (secondary N) is 8. The average molecular weight is 1250 g/mol. The maximum Gasteiger partial charge on any atom is 0.446 e. The Labute approximate surface area is 503 Å². The molecule has 0 radical (unpaired) electrons. The predicted octanol–water partition coefficient (Wildman–Crippen LogP) is -1.43. The molecular weight excluding hydrogens is 1160 g/mol. The Morgan fingerprint density at radius 1 is 0.598 bits per heavy atom. The van der Waals surface area contributed by atoms with Crippen LogP contribution < -0.4 is 52.5 Å². The third-order valence-electron chi connectivity index (χ3n) is 14.1. The monoisotopic (exact) mass is 1250 g/mol. The van der Waals surface area contributed by atoms with Crippen LogP contribution in [0.15, 0.2) is 54.6 Å². The van der Waals surface area contributed by atoms with Crippen LogP contribution in [0.4, 0.5) is 0 Å². The summed E-state index contributed by atoms with van der Waals surface area (Å²) in [5.74, 6) is -13.3. The van der Waals surface area contributed by atoms with Crippen LogP contribution in [0, 0.1) is 11.8 Å². The second-order valence-corrected chi connectivity index (χ2v) is 22.8. The number of rotatable bonds is 37. The lowest BCUT2D eigenvalue weighted by atomic mass is 9.96. The fourth-order valence-electron chi connectivity index (χ4n) is 9.18. The lowest BCUT2D eigenvalue weighted by Gasteiger charge is -2.33. The molecule has 0 spiro atoms. The smallest absolute Gasteiger partial charge is 0.446 e. The summed E-state index contributed by atoms with van der Waals surface area (Å²) in [5, 5.41) is 58.8. The van der Waals surface area contributed by atoms with Gasteiger partial charge < -0.3 is 77.8 Å². The maximum absolute atomic E-state index is 14.6. The number of hydrogen-bond acceptors (Lipinski definition) is 17. The Morgan fingerprint density at radius 3 is 1.48 bits per heavy atom. The number of nitrogens with two attached hydrogens (primary N) is 1. The van der Waals surface area contributed by atoms with E-state index in [0.29, 0.717) is 17.5 Å². The van der Waals surface area contributed by atoms with Gasteiger partial charge in [-0.25, -0.2) is 0 Å². The third kappa shape index (κ3) is 25.7. The van der Waals surface area contributed by atoms with Gasteiger partial charge in [0.15, 0.2) is 0 Å². The van der Waals surface area contributed by atoms with E-state index in [2.05, 4.69) is 46.7 Å². The van der Waals surface area contributed by atoms with Gasteiger partial charge in [-0.1, -0.05) is 76.6 Å². The number of benzene rings is 2. The van der Waals surface area contributed by atoms with Gasteiger partial charge in [0.2, 0.25) is 53.2 Å². The largest absolute Gasteiger partial charge is 0.481 e. The fourth-order valence-corrected chi connectivity index (χ4v) is 9.53. The first-order valence-corrected chi connectivity index (χ1v) is 29.7. The number of carboxylic acid groups (broad SMARTS) is 3. The van der Waals surface area contributed by atoms with Crippen molar-refractivity contribution in [1.82, 2.24) is 47.4 Å². The first-order chi connectivity index (χ1) is 40.8. The summed E-state index contributed by atoms with van der Waals surface area (Å²) < 4.78 is 36.0. The molecule has 15 N–H and O–H groups in total. The topological polar surface area (TPSA) is 475 Å². The molecule has 0 unspecified atom stereocenters. The zero-order chi connectivity index (χ0) is 65.3. The molecule has 31 heteroatoms. The molecule has 1 aliphatic heterocycles. The van der Waals surface area contributed by atoms with E-state index >= 15 is 0 Å². The number of likely N-dealkylation sites (tertiary alicyclic amines) is 1. The van der Waals surface area contributed by atoms with E-state index in [1.165, 1.54) is 30.9 Å². The molecule has 1 heterocycles. The fraction of sp³-hybridized carbons (Fsp3) is 0.571. The van der Waals surface area contributed by atoms with Crippen LogP contribution >= 0.6 is 0 Å². The quantitative estimate of drug-likeness (QED) is 0.0345. The van der Waals surface area contributed by atoms with Gasteiger partial charge in [0, 0.05) is 38.6 Å². The number of nitrogens with zero attached hydrogens (tertiary/aromatic N) is 1. The minimum atomic E-state index is -4.88. The highest BCUT2D eigenvalue weighted by atomic mass is 32.3. The number of carbonyl (C=O) groups excluding carboxylic acids is 9. The summed E-state index contributed by atoms with van der Waals surface area (Å²) in [6.07, 6.45) is -3.08. The zero-order valence-electron chi connectivity index (χ0n) is 49.3. The van der Waals surface area contributed by atoms with Crippen LogP contribution in [0.3, 0.4) is 0 Å². The molecule has 11 atom stereocenters. The molecule has 482 valence electrons. The Bertz CT molecular complexity index is 2840. The van der Waals surface area contributed by atoms with Gasteiger partial charge in [-0.2, -0.15) is 8.42 Å². The summed E-state index contributed by atoms with van der Waals surface area (Å²) in [6, 6.07) is -0.323. The number of aliphatic hydroxyl groups excluding tert-OH is 1. The van der Waals surface area contributed by atoms with E-state index < -0.39 is 193 Å².